The highest BCUT2D eigenvalue weighted by Gasteiger charge is 2.29. The minimum atomic E-state index is -0.0551. The van der Waals surface area contributed by atoms with Crippen molar-refractivity contribution in [2.45, 2.75) is 38.3 Å². The van der Waals surface area contributed by atoms with Gasteiger partial charge >= 0.3 is 6.03 Å². The van der Waals surface area contributed by atoms with Crippen LogP contribution >= 0.6 is 0 Å². The number of amides is 2. The summed E-state index contributed by atoms with van der Waals surface area (Å²) < 4.78 is 0. The van der Waals surface area contributed by atoms with E-state index in [9.17, 15) is 4.79 Å². The molecule has 134 valence electrons. The Labute approximate surface area is 153 Å². The van der Waals surface area contributed by atoms with Gasteiger partial charge in [-0.2, -0.15) is 5.10 Å². The third-order valence-corrected chi connectivity index (χ3v) is 5.30. The molecule has 1 saturated heterocycles. The molecule has 0 saturated carbocycles. The Balaban J connectivity index is 1.54. The van der Waals surface area contributed by atoms with Crippen molar-refractivity contribution in [1.82, 2.24) is 20.4 Å². The summed E-state index contributed by atoms with van der Waals surface area (Å²) in [6.07, 6.45) is 6.88. The van der Waals surface area contributed by atoms with E-state index < -0.39 is 0 Å². The summed E-state index contributed by atoms with van der Waals surface area (Å²) in [7, 11) is 0. The third-order valence-electron chi connectivity index (χ3n) is 5.30. The van der Waals surface area contributed by atoms with E-state index in [1.165, 1.54) is 10.8 Å². The normalized spacial score (nSPS) is 18.7. The number of likely N-dealkylation sites (tertiary alicyclic amines) is 1. The summed E-state index contributed by atoms with van der Waals surface area (Å²) in [6, 6.07) is 14.6. The maximum Gasteiger partial charge on any atom is 0.318 e. The lowest BCUT2D eigenvalue weighted by atomic mass is 9.97. The molecule has 1 aliphatic rings. The zero-order valence-corrected chi connectivity index (χ0v) is 15.0. The van der Waals surface area contributed by atoms with Gasteiger partial charge in [-0.15, -0.1) is 0 Å². The molecule has 2 aromatic carbocycles. The van der Waals surface area contributed by atoms with Crippen molar-refractivity contribution >= 4 is 16.8 Å². The summed E-state index contributed by atoms with van der Waals surface area (Å²) in [5.41, 5.74) is 2.23. The first-order valence-corrected chi connectivity index (χ1v) is 9.27. The standard InChI is InChI=1S/C21H24N4O/c1-15(18-10-6-8-16-7-2-3-9-19(16)18)24-21(26)25-12-5-4-11-20(25)17-13-22-23-14-17/h2-3,6-10,13-15,20H,4-5,11-12H2,1H3,(H,22,23)(H,24,26). The number of benzene rings is 2. The SMILES string of the molecule is CC(NC(=O)N1CCCCC1c1cn[nH]c1)c1cccc2ccccc12. The zero-order valence-electron chi connectivity index (χ0n) is 15.0. The van der Waals surface area contributed by atoms with Gasteiger partial charge in [0.05, 0.1) is 18.3 Å². The zero-order chi connectivity index (χ0) is 17.9. The molecule has 2 heterocycles. The van der Waals surface area contributed by atoms with E-state index in [1.54, 1.807) is 0 Å². The fraction of sp³-hybridized carbons (Fsp3) is 0.333. The fourth-order valence-electron chi connectivity index (χ4n) is 3.94. The largest absolute Gasteiger partial charge is 0.331 e. The van der Waals surface area contributed by atoms with Crippen LogP contribution in [0.15, 0.2) is 54.9 Å². The van der Waals surface area contributed by atoms with Gasteiger partial charge in [0, 0.05) is 18.3 Å². The summed E-state index contributed by atoms with van der Waals surface area (Å²) in [4.78, 5) is 15.0. The quantitative estimate of drug-likeness (QED) is 0.729. The minimum Gasteiger partial charge on any atom is -0.331 e. The molecule has 0 spiro atoms. The number of piperidine rings is 1. The number of nitrogens with one attached hydrogen (secondary N) is 2. The third kappa shape index (κ3) is 3.17. The first kappa shape index (κ1) is 16.6. The highest BCUT2D eigenvalue weighted by Crippen LogP contribution is 2.31. The summed E-state index contributed by atoms with van der Waals surface area (Å²) >= 11 is 0. The molecule has 2 amide bonds. The van der Waals surface area contributed by atoms with E-state index >= 15 is 0 Å². The van der Waals surface area contributed by atoms with E-state index in [0.29, 0.717) is 0 Å². The molecule has 5 heteroatoms. The molecule has 1 aromatic heterocycles. The highest BCUT2D eigenvalue weighted by molar-refractivity contribution is 5.86. The van der Waals surface area contributed by atoms with Crippen molar-refractivity contribution in [3.63, 3.8) is 0 Å². The van der Waals surface area contributed by atoms with Crippen LogP contribution < -0.4 is 5.32 Å². The van der Waals surface area contributed by atoms with Gasteiger partial charge in [-0.3, -0.25) is 5.10 Å². The van der Waals surface area contributed by atoms with Crippen LogP contribution in [-0.2, 0) is 0 Å². The monoisotopic (exact) mass is 348 g/mol. The minimum absolute atomic E-state index is 0.00339. The van der Waals surface area contributed by atoms with Crippen LogP contribution in [-0.4, -0.2) is 27.7 Å². The van der Waals surface area contributed by atoms with Gasteiger partial charge < -0.3 is 10.2 Å². The number of aromatic amines is 1. The van der Waals surface area contributed by atoms with E-state index in [4.69, 9.17) is 0 Å². The molecular formula is C21H24N4O. The molecule has 2 unspecified atom stereocenters. The van der Waals surface area contributed by atoms with Crippen LogP contribution in [0.3, 0.4) is 0 Å². The van der Waals surface area contributed by atoms with Crippen molar-refractivity contribution in [2.75, 3.05) is 6.54 Å². The van der Waals surface area contributed by atoms with Gasteiger partial charge in [0.15, 0.2) is 0 Å². The van der Waals surface area contributed by atoms with Crippen LogP contribution in [0, 0.1) is 0 Å². The molecule has 0 bridgehead atoms. The van der Waals surface area contributed by atoms with Gasteiger partial charge in [-0.25, -0.2) is 4.79 Å². The van der Waals surface area contributed by atoms with E-state index in [1.807, 2.05) is 29.4 Å². The van der Waals surface area contributed by atoms with Crippen molar-refractivity contribution < 1.29 is 4.79 Å². The average Bonchev–Trinajstić information content (AvgIpc) is 3.22. The second-order valence-corrected chi connectivity index (χ2v) is 6.98. The van der Waals surface area contributed by atoms with E-state index in [0.717, 1.165) is 36.9 Å². The number of aromatic nitrogens is 2. The average molecular weight is 348 g/mol. The Bertz CT molecular complexity index is 885. The first-order valence-electron chi connectivity index (χ1n) is 9.27. The number of hydrogen-bond donors (Lipinski definition) is 2. The molecule has 2 N–H and O–H groups in total. The van der Waals surface area contributed by atoms with Gasteiger partial charge in [0.25, 0.3) is 0 Å². The van der Waals surface area contributed by atoms with Gasteiger partial charge in [0.2, 0.25) is 0 Å². The Kier molecular flexibility index (Phi) is 4.61. The van der Waals surface area contributed by atoms with Gasteiger partial charge in [-0.05, 0) is 42.5 Å². The number of fused-ring (bicyclic) bond motifs is 1. The molecule has 1 aliphatic heterocycles. The fourth-order valence-corrected chi connectivity index (χ4v) is 3.94. The van der Waals surface area contributed by atoms with E-state index in [2.05, 4.69) is 52.8 Å². The predicted molar refractivity (Wildman–Crippen MR) is 103 cm³/mol. The molecule has 4 rings (SSSR count). The second-order valence-electron chi connectivity index (χ2n) is 6.98. The second kappa shape index (κ2) is 7.20. The van der Waals surface area contributed by atoms with Gasteiger partial charge in [0.1, 0.15) is 0 Å². The van der Waals surface area contributed by atoms with Crippen molar-refractivity contribution in [3.8, 4) is 0 Å². The smallest absolute Gasteiger partial charge is 0.318 e. The summed E-state index contributed by atoms with van der Waals surface area (Å²) in [5.74, 6) is 0. The lowest BCUT2D eigenvalue weighted by Gasteiger charge is -2.36. The van der Waals surface area contributed by atoms with Crippen LogP contribution in [0.5, 0.6) is 0 Å². The number of carbonyl (C=O) groups is 1. The number of rotatable bonds is 3. The van der Waals surface area contributed by atoms with Crippen molar-refractivity contribution in [3.05, 3.63) is 66.0 Å². The number of hydrogen-bond acceptors (Lipinski definition) is 2. The van der Waals surface area contributed by atoms with Crippen LogP contribution in [0.4, 0.5) is 4.79 Å². The lowest BCUT2D eigenvalue weighted by molar-refractivity contribution is 0.149. The van der Waals surface area contributed by atoms with Crippen LogP contribution in [0.2, 0.25) is 0 Å². The molecule has 0 aliphatic carbocycles. The molecule has 5 nitrogen and oxygen atoms in total. The number of nitrogens with zero attached hydrogens (tertiary/aromatic N) is 2. The summed E-state index contributed by atoms with van der Waals surface area (Å²) in [5, 5.41) is 12.5. The van der Waals surface area contributed by atoms with Gasteiger partial charge in [-0.1, -0.05) is 42.5 Å². The Morgan fingerprint density at radius 3 is 2.92 bits per heavy atom. The predicted octanol–water partition coefficient (Wildman–Crippen LogP) is 4.56. The Hall–Kier alpha value is -2.82. The first-order chi connectivity index (χ1) is 12.7. The van der Waals surface area contributed by atoms with E-state index in [-0.39, 0.29) is 18.1 Å². The maximum atomic E-state index is 13.0. The molecule has 26 heavy (non-hydrogen) atoms. The number of urea groups is 1. The Morgan fingerprint density at radius 1 is 1.23 bits per heavy atom. The molecule has 2 atom stereocenters. The molecular weight excluding hydrogens is 324 g/mol. The summed E-state index contributed by atoms with van der Waals surface area (Å²) in [6.45, 7) is 2.83. The maximum absolute atomic E-state index is 13.0. The number of carbonyl (C=O) groups excluding carboxylic acids is 1. The van der Waals surface area contributed by atoms with Crippen LogP contribution in [0.25, 0.3) is 10.8 Å². The molecule has 3 aromatic rings. The highest BCUT2D eigenvalue weighted by atomic mass is 16.2. The molecule has 1 fully saturated rings. The Morgan fingerprint density at radius 2 is 2.08 bits per heavy atom. The van der Waals surface area contributed by atoms with Crippen molar-refractivity contribution in [2.24, 2.45) is 0 Å². The van der Waals surface area contributed by atoms with Crippen LogP contribution in [0.1, 0.15) is 49.4 Å². The number of H-pyrrole nitrogens is 1. The topological polar surface area (TPSA) is 61.0 Å². The van der Waals surface area contributed by atoms with Crippen molar-refractivity contribution in [1.29, 1.82) is 0 Å². The lowest BCUT2D eigenvalue weighted by Crippen LogP contribution is -2.45. The molecule has 0 radical (unpaired) electrons.